The number of aliphatic hydroxyl groups is 1. The van der Waals surface area contributed by atoms with E-state index in [1.54, 1.807) is 0 Å². The van der Waals surface area contributed by atoms with Gasteiger partial charge in [-0.3, -0.25) is 0 Å². The minimum absolute atomic E-state index is 0.299. The Morgan fingerprint density at radius 1 is 1.10 bits per heavy atom. The van der Waals surface area contributed by atoms with Crippen molar-refractivity contribution in [3.8, 4) is 5.75 Å². The molecule has 0 amide bonds. The first-order valence-corrected chi connectivity index (χ1v) is 7.47. The topological polar surface area (TPSA) is 58.7 Å². The van der Waals surface area contributed by atoms with Crippen LogP contribution in [0.5, 0.6) is 5.75 Å². The van der Waals surface area contributed by atoms with Crippen molar-refractivity contribution >= 4 is 0 Å². The van der Waals surface area contributed by atoms with Crippen LogP contribution in [0, 0.1) is 0 Å². The number of aliphatic hydroxyl groups excluding tert-OH is 1. The lowest BCUT2D eigenvalue weighted by atomic mass is 10.1. The molecule has 4 heteroatoms. The third-order valence-electron chi connectivity index (χ3n) is 3.30. The average molecular weight is 280 g/mol. The van der Waals surface area contributed by atoms with Gasteiger partial charge in [-0.1, -0.05) is 12.1 Å². The van der Waals surface area contributed by atoms with Crippen LogP contribution in [0.1, 0.15) is 24.8 Å². The molecule has 3 N–H and O–H groups in total. The van der Waals surface area contributed by atoms with E-state index in [1.165, 1.54) is 5.56 Å². The molecule has 1 aromatic rings. The molecular weight excluding hydrogens is 252 g/mol. The molecule has 0 aromatic heterocycles. The molecule has 0 aliphatic carbocycles. The van der Waals surface area contributed by atoms with Gasteiger partial charge in [0.1, 0.15) is 12.4 Å². The van der Waals surface area contributed by atoms with Crippen LogP contribution in [0.2, 0.25) is 0 Å². The molecule has 0 saturated heterocycles. The molecule has 0 spiro atoms. The fraction of sp³-hybridized carbons (Fsp3) is 0.625. The zero-order chi connectivity index (χ0) is 14.6. The minimum Gasteiger partial charge on any atom is -0.492 e. The van der Waals surface area contributed by atoms with Gasteiger partial charge in [0.2, 0.25) is 0 Å². The summed E-state index contributed by atoms with van der Waals surface area (Å²) in [6.45, 7) is 3.66. The van der Waals surface area contributed by atoms with E-state index in [4.69, 9.17) is 15.6 Å². The van der Waals surface area contributed by atoms with Gasteiger partial charge in [0, 0.05) is 13.2 Å². The Morgan fingerprint density at radius 3 is 2.50 bits per heavy atom. The van der Waals surface area contributed by atoms with Gasteiger partial charge in [-0.2, -0.15) is 0 Å². The van der Waals surface area contributed by atoms with E-state index in [-0.39, 0.29) is 0 Å². The summed E-state index contributed by atoms with van der Waals surface area (Å²) in [5.74, 6) is 0.916. The van der Waals surface area contributed by atoms with Gasteiger partial charge in [-0.05, 0) is 63.5 Å². The lowest BCUT2D eigenvalue weighted by Gasteiger charge is -2.16. The first-order valence-electron chi connectivity index (χ1n) is 7.47. The van der Waals surface area contributed by atoms with Gasteiger partial charge < -0.3 is 20.5 Å². The van der Waals surface area contributed by atoms with Gasteiger partial charge in [0.05, 0.1) is 0 Å². The third-order valence-corrected chi connectivity index (χ3v) is 3.30. The van der Waals surface area contributed by atoms with Gasteiger partial charge in [0.15, 0.2) is 0 Å². The summed E-state index contributed by atoms with van der Waals surface area (Å²) in [5, 5.41) is 8.71. The first-order chi connectivity index (χ1) is 9.76. The second-order valence-corrected chi connectivity index (χ2v) is 5.12. The number of nitrogens with zero attached hydrogens (tertiary/aromatic N) is 1. The fourth-order valence-corrected chi connectivity index (χ4v) is 2.02. The molecule has 0 saturated carbocycles. The van der Waals surface area contributed by atoms with Crippen molar-refractivity contribution in [2.75, 3.05) is 39.9 Å². The molecule has 4 nitrogen and oxygen atoms in total. The van der Waals surface area contributed by atoms with E-state index in [0.29, 0.717) is 19.8 Å². The summed E-state index contributed by atoms with van der Waals surface area (Å²) in [6.07, 6.45) is 4.03. The Labute approximate surface area is 122 Å². The Balaban J connectivity index is 2.13. The maximum atomic E-state index is 8.71. The molecule has 0 fully saturated rings. The van der Waals surface area contributed by atoms with E-state index in [0.717, 1.165) is 44.5 Å². The number of likely N-dealkylation sites (N-methyl/N-ethyl adjacent to an activating group) is 1. The van der Waals surface area contributed by atoms with Crippen LogP contribution in [0.3, 0.4) is 0 Å². The largest absolute Gasteiger partial charge is 0.492 e. The molecule has 20 heavy (non-hydrogen) atoms. The molecule has 0 unspecified atom stereocenters. The quantitative estimate of drug-likeness (QED) is 0.605. The van der Waals surface area contributed by atoms with E-state index >= 15 is 0 Å². The van der Waals surface area contributed by atoms with Crippen molar-refractivity contribution in [2.24, 2.45) is 5.73 Å². The van der Waals surface area contributed by atoms with Crippen molar-refractivity contribution < 1.29 is 9.84 Å². The fourth-order valence-electron chi connectivity index (χ4n) is 2.02. The Bertz CT molecular complexity index is 341. The maximum absolute atomic E-state index is 8.71. The van der Waals surface area contributed by atoms with Gasteiger partial charge in [0.25, 0.3) is 0 Å². The lowest BCUT2D eigenvalue weighted by Crippen LogP contribution is -2.25. The number of ether oxygens (including phenoxy) is 1. The predicted octanol–water partition coefficient (Wildman–Crippen LogP) is 1.66. The molecule has 0 aliphatic rings. The van der Waals surface area contributed by atoms with Gasteiger partial charge >= 0.3 is 0 Å². The molecule has 0 atom stereocenters. The first kappa shape index (κ1) is 17.0. The van der Waals surface area contributed by atoms with Crippen LogP contribution >= 0.6 is 0 Å². The second kappa shape index (κ2) is 10.7. The second-order valence-electron chi connectivity index (χ2n) is 5.12. The maximum Gasteiger partial charge on any atom is 0.119 e. The van der Waals surface area contributed by atoms with E-state index in [1.807, 2.05) is 12.1 Å². The normalized spacial score (nSPS) is 11.0. The highest BCUT2D eigenvalue weighted by molar-refractivity contribution is 5.27. The Hall–Kier alpha value is -1.10. The SMILES string of the molecule is CN(CCCCCO)CCOc1ccc(CCN)cc1. The zero-order valence-electron chi connectivity index (χ0n) is 12.6. The number of hydrogen-bond acceptors (Lipinski definition) is 4. The molecule has 1 aromatic carbocycles. The highest BCUT2D eigenvalue weighted by Crippen LogP contribution is 2.12. The molecule has 1 rings (SSSR count). The number of unbranched alkanes of at least 4 members (excludes halogenated alkanes) is 2. The predicted molar refractivity (Wildman–Crippen MR) is 83.1 cm³/mol. The monoisotopic (exact) mass is 280 g/mol. The summed E-state index contributed by atoms with van der Waals surface area (Å²) in [6, 6.07) is 8.15. The van der Waals surface area contributed by atoms with Crippen LogP contribution in [-0.2, 0) is 6.42 Å². The Kier molecular flexibility index (Phi) is 9.04. The molecular formula is C16H28N2O2. The molecule has 0 heterocycles. The van der Waals surface area contributed by atoms with Crippen LogP contribution < -0.4 is 10.5 Å². The molecule has 0 radical (unpaired) electrons. The van der Waals surface area contributed by atoms with Crippen molar-refractivity contribution in [2.45, 2.75) is 25.7 Å². The summed E-state index contributed by atoms with van der Waals surface area (Å²) >= 11 is 0. The van der Waals surface area contributed by atoms with Crippen molar-refractivity contribution in [1.29, 1.82) is 0 Å². The number of hydrogen-bond donors (Lipinski definition) is 2. The van der Waals surface area contributed by atoms with Crippen LogP contribution in [0.4, 0.5) is 0 Å². The number of benzene rings is 1. The van der Waals surface area contributed by atoms with Gasteiger partial charge in [-0.15, -0.1) is 0 Å². The highest BCUT2D eigenvalue weighted by atomic mass is 16.5. The van der Waals surface area contributed by atoms with E-state index < -0.39 is 0 Å². The molecule has 0 bridgehead atoms. The van der Waals surface area contributed by atoms with Crippen LogP contribution in [-0.4, -0.2) is 49.9 Å². The summed E-state index contributed by atoms with van der Waals surface area (Å²) in [7, 11) is 2.10. The highest BCUT2D eigenvalue weighted by Gasteiger charge is 2.00. The summed E-state index contributed by atoms with van der Waals surface area (Å²) in [4.78, 5) is 2.26. The van der Waals surface area contributed by atoms with Gasteiger partial charge in [-0.25, -0.2) is 0 Å². The van der Waals surface area contributed by atoms with Crippen molar-refractivity contribution in [3.05, 3.63) is 29.8 Å². The standard InChI is InChI=1S/C16H28N2O2/c1-18(11-3-2-4-13-19)12-14-20-16-7-5-15(6-8-16)9-10-17/h5-8,19H,2-4,9-14,17H2,1H3. The average Bonchev–Trinajstić information content (AvgIpc) is 2.46. The zero-order valence-corrected chi connectivity index (χ0v) is 12.6. The van der Waals surface area contributed by atoms with Crippen LogP contribution in [0.15, 0.2) is 24.3 Å². The molecule has 114 valence electrons. The third kappa shape index (κ3) is 7.48. The number of nitrogens with two attached hydrogens (primary N) is 1. The van der Waals surface area contributed by atoms with Crippen LogP contribution in [0.25, 0.3) is 0 Å². The number of rotatable bonds is 11. The van der Waals surface area contributed by atoms with E-state index in [9.17, 15) is 0 Å². The summed E-state index contributed by atoms with van der Waals surface area (Å²) in [5.41, 5.74) is 6.77. The Morgan fingerprint density at radius 2 is 1.85 bits per heavy atom. The molecule has 0 aliphatic heterocycles. The lowest BCUT2D eigenvalue weighted by molar-refractivity contribution is 0.230. The van der Waals surface area contributed by atoms with E-state index in [2.05, 4.69) is 24.1 Å². The van der Waals surface area contributed by atoms with Crippen molar-refractivity contribution in [1.82, 2.24) is 4.90 Å². The smallest absolute Gasteiger partial charge is 0.119 e. The summed E-state index contributed by atoms with van der Waals surface area (Å²) < 4.78 is 5.72. The van der Waals surface area contributed by atoms with Crippen molar-refractivity contribution in [3.63, 3.8) is 0 Å². The minimum atomic E-state index is 0.299.